The van der Waals surface area contributed by atoms with Crippen LogP contribution in [-0.2, 0) is 20.2 Å². The minimum Gasteiger partial charge on any atom is -0.396 e. The molecular weight excluding hydrogens is 652 g/mol. The van der Waals surface area contributed by atoms with Gasteiger partial charge in [-0.2, -0.15) is 27.1 Å². The van der Waals surface area contributed by atoms with E-state index in [1.807, 2.05) is 24.3 Å². The van der Waals surface area contributed by atoms with E-state index >= 15 is 0 Å². The van der Waals surface area contributed by atoms with Crippen molar-refractivity contribution in [1.29, 1.82) is 0 Å². The van der Waals surface area contributed by atoms with Gasteiger partial charge in [0.15, 0.2) is 0 Å². The Morgan fingerprint density at radius 1 is 0.468 bits per heavy atom. The first-order valence-corrected chi connectivity index (χ1v) is 16.4. The SMILES string of the molecule is Nc1c(/N=N/c2ccc(-c3ccc(/N=N/c4cc(S(=O)(=O)O)c5ccccc5c4N)cc3)cc2)cc(S(=O)(=O)O)c2ccccc12.[Na]. The fourth-order valence-electron chi connectivity index (χ4n) is 4.96. The Morgan fingerprint density at radius 3 is 1.11 bits per heavy atom. The molecule has 231 valence electrons. The molecule has 6 aromatic rings. The molecular formula is C32H24N6NaO6S2. The van der Waals surface area contributed by atoms with Gasteiger partial charge in [0.05, 0.1) is 22.7 Å². The smallest absolute Gasteiger partial charge is 0.295 e. The van der Waals surface area contributed by atoms with Crippen LogP contribution in [0.15, 0.2) is 139 Å². The molecule has 0 heterocycles. The Morgan fingerprint density at radius 2 is 0.787 bits per heavy atom. The summed E-state index contributed by atoms with van der Waals surface area (Å²) in [5.41, 5.74) is 15.8. The number of nitrogens with two attached hydrogens (primary N) is 2. The van der Waals surface area contributed by atoms with Crippen LogP contribution >= 0.6 is 0 Å². The second kappa shape index (κ2) is 13.3. The maximum atomic E-state index is 12.0. The molecule has 0 aliphatic rings. The molecule has 0 atom stereocenters. The maximum Gasteiger partial charge on any atom is 0.295 e. The van der Waals surface area contributed by atoms with Gasteiger partial charge in [-0.1, -0.05) is 72.8 Å². The number of nitrogen functional groups attached to an aromatic ring is 2. The van der Waals surface area contributed by atoms with Crippen molar-refractivity contribution in [1.82, 2.24) is 0 Å². The van der Waals surface area contributed by atoms with Crippen LogP contribution in [-0.4, -0.2) is 55.5 Å². The third kappa shape index (κ3) is 7.08. The minimum atomic E-state index is -4.53. The predicted molar refractivity (Wildman–Crippen MR) is 182 cm³/mol. The van der Waals surface area contributed by atoms with Crippen LogP contribution < -0.4 is 11.5 Å². The van der Waals surface area contributed by atoms with Crippen molar-refractivity contribution in [2.45, 2.75) is 9.79 Å². The second-order valence-corrected chi connectivity index (χ2v) is 12.9. The number of hydrogen-bond acceptors (Lipinski definition) is 10. The van der Waals surface area contributed by atoms with Gasteiger partial charge in [0, 0.05) is 51.1 Å². The topological polar surface area (TPSA) is 210 Å². The molecule has 0 aliphatic heterocycles. The number of hydrogen-bond donors (Lipinski definition) is 4. The van der Waals surface area contributed by atoms with Crippen molar-refractivity contribution >= 4 is 105 Å². The molecule has 6 rings (SSSR count). The van der Waals surface area contributed by atoms with Crippen LogP contribution in [0.4, 0.5) is 34.1 Å². The van der Waals surface area contributed by atoms with E-state index in [-0.39, 0.29) is 72.9 Å². The Bertz CT molecular complexity index is 2260. The average Bonchev–Trinajstić information content (AvgIpc) is 3.04. The minimum absolute atomic E-state index is 0. The Balaban J connectivity index is 0.00000433. The molecule has 0 aliphatic carbocycles. The summed E-state index contributed by atoms with van der Waals surface area (Å²) in [7, 11) is -9.07. The van der Waals surface area contributed by atoms with Gasteiger partial charge in [-0.3, -0.25) is 9.11 Å². The largest absolute Gasteiger partial charge is 0.396 e. The predicted octanol–water partition coefficient (Wildman–Crippen LogP) is 7.77. The van der Waals surface area contributed by atoms with Gasteiger partial charge in [-0.15, -0.1) is 10.2 Å². The number of benzene rings is 6. The molecule has 12 nitrogen and oxygen atoms in total. The van der Waals surface area contributed by atoms with E-state index in [9.17, 15) is 25.9 Å². The molecule has 0 bridgehead atoms. The number of azo groups is 2. The zero-order chi connectivity index (χ0) is 32.6. The number of nitrogens with zero attached hydrogens (tertiary/aromatic N) is 4. The van der Waals surface area contributed by atoms with Crippen LogP contribution in [0, 0.1) is 0 Å². The average molecular weight is 676 g/mol. The van der Waals surface area contributed by atoms with Crippen LogP contribution in [0.25, 0.3) is 32.7 Å². The Labute approximate surface area is 291 Å². The van der Waals surface area contributed by atoms with Gasteiger partial charge < -0.3 is 11.5 Å². The van der Waals surface area contributed by atoms with Crippen molar-refractivity contribution in [3.8, 4) is 11.1 Å². The summed E-state index contributed by atoms with van der Waals surface area (Å²) in [6.45, 7) is 0. The summed E-state index contributed by atoms with van der Waals surface area (Å²) in [6, 6.07) is 29.6. The Hall–Kier alpha value is -4.54. The van der Waals surface area contributed by atoms with Crippen molar-refractivity contribution in [3.63, 3.8) is 0 Å². The zero-order valence-electron chi connectivity index (χ0n) is 24.7. The van der Waals surface area contributed by atoms with Crippen LogP contribution in [0.2, 0.25) is 0 Å². The molecule has 0 unspecified atom stereocenters. The third-order valence-electron chi connectivity index (χ3n) is 7.22. The molecule has 0 aromatic heterocycles. The van der Waals surface area contributed by atoms with Gasteiger partial charge >= 0.3 is 0 Å². The van der Waals surface area contributed by atoms with Gasteiger partial charge in [-0.05, 0) is 47.5 Å². The summed E-state index contributed by atoms with van der Waals surface area (Å²) in [4.78, 5) is -0.624. The quantitative estimate of drug-likeness (QED) is 0.0567. The van der Waals surface area contributed by atoms with Gasteiger partial charge in [0.2, 0.25) is 0 Å². The molecule has 6 N–H and O–H groups in total. The molecule has 0 saturated carbocycles. The van der Waals surface area contributed by atoms with Crippen LogP contribution in [0.1, 0.15) is 0 Å². The van der Waals surface area contributed by atoms with Crippen LogP contribution in [0.3, 0.4) is 0 Å². The summed E-state index contributed by atoms with van der Waals surface area (Å²) < 4.78 is 67.4. The third-order valence-corrected chi connectivity index (χ3v) is 9.01. The van der Waals surface area contributed by atoms with E-state index in [1.165, 1.54) is 12.1 Å². The van der Waals surface area contributed by atoms with Crippen molar-refractivity contribution in [3.05, 3.63) is 109 Å². The van der Waals surface area contributed by atoms with Crippen molar-refractivity contribution in [2.24, 2.45) is 20.5 Å². The summed E-state index contributed by atoms with van der Waals surface area (Å²) in [6.07, 6.45) is 0. The molecule has 15 heteroatoms. The fourth-order valence-corrected chi connectivity index (χ4v) is 6.39. The molecule has 0 spiro atoms. The summed E-state index contributed by atoms with van der Waals surface area (Å²) in [5, 5.41) is 18.1. The zero-order valence-corrected chi connectivity index (χ0v) is 28.3. The normalized spacial score (nSPS) is 12.2. The molecule has 47 heavy (non-hydrogen) atoms. The van der Waals surface area contributed by atoms with E-state index in [0.717, 1.165) is 11.1 Å². The van der Waals surface area contributed by atoms with E-state index in [1.54, 1.807) is 72.8 Å². The second-order valence-electron chi connectivity index (χ2n) is 10.2. The summed E-state index contributed by atoms with van der Waals surface area (Å²) in [5.74, 6) is 0. The first-order chi connectivity index (χ1) is 21.9. The van der Waals surface area contributed by atoms with E-state index in [4.69, 9.17) is 11.5 Å². The number of rotatable bonds is 7. The van der Waals surface area contributed by atoms with Crippen LogP contribution in [0.5, 0.6) is 0 Å². The number of fused-ring (bicyclic) bond motifs is 2. The first-order valence-electron chi connectivity index (χ1n) is 13.5. The standard InChI is InChI=1S/C32H24N6O6S2.Na/c33-31-25-7-3-1-5-23(25)29(45(39,40)41)17-27(31)37-35-21-13-9-19(10-14-21)20-11-15-22(16-12-20)36-38-28-18-30(46(42,43)44)24-6-2-4-8-26(24)32(28)34;/h1-18H,33-34H2,(H,39,40,41)(H,42,43,44);/b37-35+,38-36+;. The van der Waals surface area contributed by atoms with Crippen molar-refractivity contribution < 1.29 is 25.9 Å². The first kappa shape index (κ1) is 33.8. The van der Waals surface area contributed by atoms with Crippen molar-refractivity contribution in [2.75, 3.05) is 11.5 Å². The van der Waals surface area contributed by atoms with E-state index in [2.05, 4.69) is 20.5 Å². The fraction of sp³-hybridized carbons (Fsp3) is 0. The molecule has 6 aromatic carbocycles. The maximum absolute atomic E-state index is 12.0. The molecule has 0 amide bonds. The molecule has 0 fully saturated rings. The Kier molecular flexibility index (Phi) is 9.56. The summed E-state index contributed by atoms with van der Waals surface area (Å²) >= 11 is 0. The van der Waals surface area contributed by atoms with Gasteiger partial charge in [0.1, 0.15) is 21.2 Å². The van der Waals surface area contributed by atoms with Gasteiger partial charge in [0.25, 0.3) is 20.2 Å². The molecule has 0 saturated heterocycles. The molecule has 1 radical (unpaired) electrons. The monoisotopic (exact) mass is 675 g/mol. The van der Waals surface area contributed by atoms with Gasteiger partial charge in [-0.25, -0.2) is 0 Å². The van der Waals surface area contributed by atoms with E-state index < -0.39 is 20.2 Å². The number of anilines is 2. The van der Waals surface area contributed by atoms with E-state index in [0.29, 0.717) is 22.1 Å².